The summed E-state index contributed by atoms with van der Waals surface area (Å²) in [6, 6.07) is 3.57. The van der Waals surface area contributed by atoms with E-state index in [-0.39, 0.29) is 11.9 Å². The highest BCUT2D eigenvalue weighted by atomic mass is 16.5. The second-order valence-corrected chi connectivity index (χ2v) is 5.45. The smallest absolute Gasteiger partial charge is 0.328 e. The number of aryl methyl sites for hydroxylation is 3. The molecule has 0 N–H and O–H groups in total. The third-order valence-electron chi connectivity index (χ3n) is 3.88. The Morgan fingerprint density at radius 2 is 1.80 bits per heavy atom. The monoisotopic (exact) mass is 275 g/mol. The number of ether oxygens (including phenoxy) is 1. The van der Waals surface area contributed by atoms with Gasteiger partial charge in [-0.25, -0.2) is 4.79 Å². The maximum atomic E-state index is 12.7. The summed E-state index contributed by atoms with van der Waals surface area (Å²) < 4.78 is 4.80. The molecule has 1 saturated heterocycles. The van der Waals surface area contributed by atoms with Crippen molar-refractivity contribution >= 4 is 11.9 Å². The average Bonchev–Trinajstić information content (AvgIpc) is 2.85. The molecule has 0 saturated carbocycles. The highest BCUT2D eigenvalue weighted by Gasteiger charge is 2.36. The molecule has 0 aliphatic carbocycles. The van der Waals surface area contributed by atoms with E-state index in [0.29, 0.717) is 18.5 Å². The predicted octanol–water partition coefficient (Wildman–Crippen LogP) is 2.39. The SMILES string of the molecule is COC(=O)C1CCCN1C(=O)c1c(C)cc(C)cc1C. The first-order chi connectivity index (χ1) is 9.45. The van der Waals surface area contributed by atoms with Crippen LogP contribution >= 0.6 is 0 Å². The number of benzene rings is 1. The Bertz CT molecular complexity index is 528. The Kier molecular flexibility index (Phi) is 4.12. The molecular formula is C16H21NO3. The fourth-order valence-electron chi connectivity index (χ4n) is 3.05. The quantitative estimate of drug-likeness (QED) is 0.779. The number of hydrogen-bond acceptors (Lipinski definition) is 3. The van der Waals surface area contributed by atoms with Crippen molar-refractivity contribution < 1.29 is 14.3 Å². The lowest BCUT2D eigenvalue weighted by molar-refractivity contribution is -0.145. The summed E-state index contributed by atoms with van der Waals surface area (Å²) in [7, 11) is 1.37. The lowest BCUT2D eigenvalue weighted by Crippen LogP contribution is -2.41. The second-order valence-electron chi connectivity index (χ2n) is 5.45. The van der Waals surface area contributed by atoms with Crippen molar-refractivity contribution in [3.63, 3.8) is 0 Å². The number of carbonyl (C=O) groups is 2. The van der Waals surface area contributed by atoms with Gasteiger partial charge in [0.25, 0.3) is 5.91 Å². The molecule has 1 aliphatic heterocycles. The third kappa shape index (κ3) is 2.55. The van der Waals surface area contributed by atoms with Crippen LogP contribution in [0.3, 0.4) is 0 Å². The summed E-state index contributed by atoms with van der Waals surface area (Å²) in [5.41, 5.74) is 3.78. The Morgan fingerprint density at radius 1 is 1.20 bits per heavy atom. The molecule has 1 aromatic carbocycles. The van der Waals surface area contributed by atoms with Crippen LogP contribution < -0.4 is 0 Å². The zero-order valence-corrected chi connectivity index (χ0v) is 12.5. The van der Waals surface area contributed by atoms with Gasteiger partial charge in [-0.2, -0.15) is 0 Å². The molecule has 4 nitrogen and oxygen atoms in total. The first-order valence-electron chi connectivity index (χ1n) is 6.92. The molecule has 2 rings (SSSR count). The molecular weight excluding hydrogens is 254 g/mol. The van der Waals surface area contributed by atoms with Crippen LogP contribution in [0.1, 0.15) is 39.9 Å². The fraction of sp³-hybridized carbons (Fsp3) is 0.500. The van der Waals surface area contributed by atoms with Gasteiger partial charge in [-0.3, -0.25) is 4.79 Å². The Labute approximate surface area is 119 Å². The lowest BCUT2D eigenvalue weighted by Gasteiger charge is -2.24. The standard InChI is InChI=1S/C16H21NO3/c1-10-8-11(2)14(12(3)9-10)15(18)17-7-5-6-13(17)16(19)20-4/h8-9,13H,5-7H2,1-4H3. The van der Waals surface area contributed by atoms with E-state index in [9.17, 15) is 9.59 Å². The van der Waals surface area contributed by atoms with Gasteiger partial charge in [-0.1, -0.05) is 17.7 Å². The molecule has 1 heterocycles. The van der Waals surface area contributed by atoms with Crippen LogP contribution in [0, 0.1) is 20.8 Å². The molecule has 0 spiro atoms. The van der Waals surface area contributed by atoms with E-state index in [1.54, 1.807) is 4.90 Å². The van der Waals surface area contributed by atoms with E-state index in [1.165, 1.54) is 7.11 Å². The van der Waals surface area contributed by atoms with Crippen LogP contribution in [-0.2, 0) is 9.53 Å². The van der Waals surface area contributed by atoms with Gasteiger partial charge in [-0.05, 0) is 44.7 Å². The van der Waals surface area contributed by atoms with Crippen LogP contribution in [0.5, 0.6) is 0 Å². The Balaban J connectivity index is 2.34. The largest absolute Gasteiger partial charge is 0.467 e. The van der Waals surface area contributed by atoms with E-state index < -0.39 is 6.04 Å². The summed E-state index contributed by atoms with van der Waals surface area (Å²) in [5.74, 6) is -0.383. The summed E-state index contributed by atoms with van der Waals surface area (Å²) >= 11 is 0. The van der Waals surface area contributed by atoms with Crippen molar-refractivity contribution in [1.82, 2.24) is 4.90 Å². The minimum atomic E-state index is -0.437. The van der Waals surface area contributed by atoms with E-state index in [1.807, 2.05) is 32.9 Å². The van der Waals surface area contributed by atoms with Gasteiger partial charge in [0.15, 0.2) is 0 Å². The summed E-state index contributed by atoms with van der Waals surface area (Å²) in [5, 5.41) is 0. The maximum absolute atomic E-state index is 12.7. The molecule has 1 aliphatic rings. The van der Waals surface area contributed by atoms with Gasteiger partial charge >= 0.3 is 5.97 Å². The van der Waals surface area contributed by atoms with Gasteiger partial charge in [0.1, 0.15) is 6.04 Å². The van der Waals surface area contributed by atoms with Gasteiger partial charge < -0.3 is 9.64 Å². The summed E-state index contributed by atoms with van der Waals surface area (Å²) in [6.07, 6.45) is 1.53. The van der Waals surface area contributed by atoms with Gasteiger partial charge in [-0.15, -0.1) is 0 Å². The Hall–Kier alpha value is -1.84. The topological polar surface area (TPSA) is 46.6 Å². The molecule has 4 heteroatoms. The van der Waals surface area contributed by atoms with Crippen molar-refractivity contribution in [1.29, 1.82) is 0 Å². The van der Waals surface area contributed by atoms with Crippen molar-refractivity contribution in [2.75, 3.05) is 13.7 Å². The number of hydrogen-bond donors (Lipinski definition) is 0. The molecule has 1 unspecified atom stereocenters. The van der Waals surface area contributed by atoms with Crippen LogP contribution in [0.4, 0.5) is 0 Å². The molecule has 1 atom stereocenters. The molecule has 1 aromatic rings. The molecule has 0 aromatic heterocycles. The van der Waals surface area contributed by atoms with Gasteiger partial charge in [0.2, 0.25) is 0 Å². The normalized spacial score (nSPS) is 18.2. The van der Waals surface area contributed by atoms with Crippen LogP contribution in [-0.4, -0.2) is 36.5 Å². The molecule has 1 amide bonds. The number of carbonyl (C=O) groups excluding carboxylic acids is 2. The van der Waals surface area contributed by atoms with Crippen LogP contribution in [0.15, 0.2) is 12.1 Å². The molecule has 108 valence electrons. The van der Waals surface area contributed by atoms with E-state index in [2.05, 4.69) is 0 Å². The van der Waals surface area contributed by atoms with Crippen LogP contribution in [0.2, 0.25) is 0 Å². The van der Waals surface area contributed by atoms with E-state index >= 15 is 0 Å². The predicted molar refractivity (Wildman–Crippen MR) is 76.7 cm³/mol. The fourth-order valence-corrected chi connectivity index (χ4v) is 3.05. The van der Waals surface area contributed by atoms with E-state index in [0.717, 1.165) is 23.1 Å². The van der Waals surface area contributed by atoms with Crippen molar-refractivity contribution in [2.24, 2.45) is 0 Å². The first kappa shape index (κ1) is 14.6. The number of amides is 1. The summed E-state index contributed by atoms with van der Waals surface area (Å²) in [6.45, 7) is 6.51. The highest BCUT2D eigenvalue weighted by molar-refractivity contribution is 5.99. The van der Waals surface area contributed by atoms with Crippen molar-refractivity contribution in [3.05, 3.63) is 34.4 Å². The van der Waals surface area contributed by atoms with Gasteiger partial charge in [0, 0.05) is 12.1 Å². The summed E-state index contributed by atoms with van der Waals surface area (Å²) in [4.78, 5) is 26.2. The van der Waals surface area contributed by atoms with Gasteiger partial charge in [0.05, 0.1) is 7.11 Å². The number of esters is 1. The maximum Gasteiger partial charge on any atom is 0.328 e. The zero-order chi connectivity index (χ0) is 14.9. The van der Waals surface area contributed by atoms with Crippen LogP contribution in [0.25, 0.3) is 0 Å². The number of likely N-dealkylation sites (tertiary alicyclic amines) is 1. The van der Waals surface area contributed by atoms with Crippen molar-refractivity contribution in [3.8, 4) is 0 Å². The molecule has 0 bridgehead atoms. The zero-order valence-electron chi connectivity index (χ0n) is 12.5. The second kappa shape index (κ2) is 5.65. The number of nitrogens with zero attached hydrogens (tertiary/aromatic N) is 1. The molecule has 1 fully saturated rings. The lowest BCUT2D eigenvalue weighted by atomic mass is 9.98. The molecule has 20 heavy (non-hydrogen) atoms. The third-order valence-corrected chi connectivity index (χ3v) is 3.88. The van der Waals surface area contributed by atoms with Crippen molar-refractivity contribution in [2.45, 2.75) is 39.7 Å². The Morgan fingerprint density at radius 3 is 2.35 bits per heavy atom. The average molecular weight is 275 g/mol. The number of methoxy groups -OCH3 is 1. The minimum absolute atomic E-state index is 0.0621. The molecule has 0 radical (unpaired) electrons. The highest BCUT2D eigenvalue weighted by Crippen LogP contribution is 2.25. The van der Waals surface area contributed by atoms with E-state index in [4.69, 9.17) is 4.74 Å². The minimum Gasteiger partial charge on any atom is -0.467 e. The number of rotatable bonds is 2. The first-order valence-corrected chi connectivity index (χ1v) is 6.92.